The predicted octanol–water partition coefficient (Wildman–Crippen LogP) is 3.61. The van der Waals surface area contributed by atoms with Crippen LogP contribution in [0.5, 0.6) is 0 Å². The van der Waals surface area contributed by atoms with Crippen LogP contribution in [0.1, 0.15) is 50.0 Å². The number of aryl methyl sites for hydroxylation is 1. The summed E-state index contributed by atoms with van der Waals surface area (Å²) in [6.45, 7) is 5.70. The first-order valence-electron chi connectivity index (χ1n) is 9.71. The first kappa shape index (κ1) is 17.3. The lowest BCUT2D eigenvalue weighted by atomic mass is 9.98. The van der Waals surface area contributed by atoms with Crippen molar-refractivity contribution in [3.63, 3.8) is 0 Å². The molecule has 2 aromatic rings. The smallest absolute Gasteiger partial charge is 0.229 e. The van der Waals surface area contributed by atoms with E-state index in [1.807, 2.05) is 17.9 Å². The number of amides is 1. The van der Waals surface area contributed by atoms with Crippen LogP contribution in [0.15, 0.2) is 27.4 Å². The standard InChI is InChI=1S/C20H27N3O3/c1-15-18(21-20(26-15)16-8-12-25-14-16)13-23-9-3-2-5-17(23)7-11-22-10-4-6-19(22)24/h8,12,14,17H,2-7,9-11,13H2,1H3. The van der Waals surface area contributed by atoms with Gasteiger partial charge < -0.3 is 13.7 Å². The number of carbonyl (C=O) groups is 1. The molecule has 0 radical (unpaired) electrons. The third-order valence-electron chi connectivity index (χ3n) is 5.67. The van der Waals surface area contributed by atoms with Gasteiger partial charge in [0.2, 0.25) is 11.8 Å². The van der Waals surface area contributed by atoms with Crippen LogP contribution in [0.25, 0.3) is 11.5 Å². The quantitative estimate of drug-likeness (QED) is 0.790. The minimum absolute atomic E-state index is 0.324. The minimum Gasteiger partial charge on any atom is -0.472 e. The molecule has 6 nitrogen and oxygen atoms in total. The van der Waals surface area contributed by atoms with Gasteiger partial charge in [0.25, 0.3) is 0 Å². The monoisotopic (exact) mass is 357 g/mol. The third-order valence-corrected chi connectivity index (χ3v) is 5.67. The summed E-state index contributed by atoms with van der Waals surface area (Å²) in [6.07, 6.45) is 9.79. The zero-order chi connectivity index (χ0) is 17.9. The Morgan fingerprint density at radius 2 is 2.19 bits per heavy atom. The van der Waals surface area contributed by atoms with E-state index in [0.717, 1.165) is 62.5 Å². The molecule has 2 saturated heterocycles. The number of aromatic nitrogens is 1. The number of likely N-dealkylation sites (tertiary alicyclic amines) is 2. The Bertz CT molecular complexity index is 738. The molecule has 4 heterocycles. The van der Waals surface area contributed by atoms with Crippen LogP contribution < -0.4 is 0 Å². The van der Waals surface area contributed by atoms with Crippen molar-refractivity contribution in [2.24, 2.45) is 0 Å². The molecule has 2 aromatic heterocycles. The highest BCUT2D eigenvalue weighted by Gasteiger charge is 2.27. The average Bonchev–Trinajstić information content (AvgIpc) is 3.37. The van der Waals surface area contributed by atoms with Gasteiger partial charge in [0.15, 0.2) is 0 Å². The van der Waals surface area contributed by atoms with E-state index in [0.29, 0.717) is 17.8 Å². The average molecular weight is 357 g/mol. The molecular formula is C20H27N3O3. The van der Waals surface area contributed by atoms with Crippen LogP contribution in [0, 0.1) is 6.92 Å². The summed E-state index contributed by atoms with van der Waals surface area (Å²) in [5.41, 5.74) is 1.88. The summed E-state index contributed by atoms with van der Waals surface area (Å²) in [7, 11) is 0. The molecule has 0 spiro atoms. The van der Waals surface area contributed by atoms with Gasteiger partial charge in [-0.25, -0.2) is 4.98 Å². The summed E-state index contributed by atoms with van der Waals surface area (Å²) < 4.78 is 11.0. The largest absolute Gasteiger partial charge is 0.472 e. The van der Waals surface area contributed by atoms with Crippen molar-refractivity contribution in [2.75, 3.05) is 19.6 Å². The van der Waals surface area contributed by atoms with Crippen LogP contribution in [-0.2, 0) is 11.3 Å². The van der Waals surface area contributed by atoms with Crippen LogP contribution >= 0.6 is 0 Å². The summed E-state index contributed by atoms with van der Waals surface area (Å²) in [5, 5.41) is 0. The van der Waals surface area contributed by atoms with Crippen molar-refractivity contribution in [3.05, 3.63) is 30.0 Å². The number of piperidine rings is 1. The van der Waals surface area contributed by atoms with E-state index >= 15 is 0 Å². The maximum atomic E-state index is 11.9. The first-order valence-corrected chi connectivity index (χ1v) is 9.71. The maximum Gasteiger partial charge on any atom is 0.229 e. The molecule has 1 amide bonds. The number of furan rings is 1. The maximum absolute atomic E-state index is 11.9. The van der Waals surface area contributed by atoms with Crippen molar-refractivity contribution in [2.45, 2.75) is 58.0 Å². The van der Waals surface area contributed by atoms with E-state index in [-0.39, 0.29) is 0 Å². The van der Waals surface area contributed by atoms with Crippen molar-refractivity contribution >= 4 is 5.91 Å². The van der Waals surface area contributed by atoms with Gasteiger partial charge in [-0.2, -0.15) is 0 Å². The van der Waals surface area contributed by atoms with E-state index in [4.69, 9.17) is 13.8 Å². The lowest BCUT2D eigenvalue weighted by molar-refractivity contribution is -0.127. The molecule has 26 heavy (non-hydrogen) atoms. The van der Waals surface area contributed by atoms with Gasteiger partial charge in [-0.1, -0.05) is 6.42 Å². The summed E-state index contributed by atoms with van der Waals surface area (Å²) in [6, 6.07) is 2.39. The van der Waals surface area contributed by atoms with Gasteiger partial charge in [0, 0.05) is 32.1 Å². The highest BCUT2D eigenvalue weighted by atomic mass is 16.4. The Kier molecular flexibility index (Phi) is 5.11. The fourth-order valence-electron chi connectivity index (χ4n) is 4.12. The lowest BCUT2D eigenvalue weighted by Crippen LogP contribution is -2.41. The van der Waals surface area contributed by atoms with E-state index in [1.54, 1.807) is 12.5 Å². The lowest BCUT2D eigenvalue weighted by Gasteiger charge is -2.36. The SMILES string of the molecule is Cc1oc(-c2ccoc2)nc1CN1CCCCC1CCN1CCCC1=O. The molecule has 140 valence electrons. The van der Waals surface area contributed by atoms with E-state index in [9.17, 15) is 4.79 Å². The van der Waals surface area contributed by atoms with Crippen molar-refractivity contribution < 1.29 is 13.6 Å². The zero-order valence-electron chi connectivity index (χ0n) is 15.4. The van der Waals surface area contributed by atoms with Crippen molar-refractivity contribution in [1.29, 1.82) is 0 Å². The molecule has 1 unspecified atom stereocenters. The Morgan fingerprint density at radius 3 is 2.96 bits per heavy atom. The van der Waals surface area contributed by atoms with Crippen LogP contribution in [0.4, 0.5) is 0 Å². The zero-order valence-corrected chi connectivity index (χ0v) is 15.4. The number of oxazole rings is 1. The first-order chi connectivity index (χ1) is 12.7. The molecule has 2 aliphatic rings. The van der Waals surface area contributed by atoms with E-state index in [2.05, 4.69) is 4.90 Å². The normalized spacial score (nSPS) is 21.7. The Labute approximate surface area is 154 Å². The molecule has 2 aliphatic heterocycles. The highest BCUT2D eigenvalue weighted by molar-refractivity contribution is 5.78. The predicted molar refractivity (Wildman–Crippen MR) is 97.4 cm³/mol. The van der Waals surface area contributed by atoms with Gasteiger partial charge in [-0.05, 0) is 45.2 Å². The summed E-state index contributed by atoms with van der Waals surface area (Å²) in [4.78, 5) is 21.1. The Morgan fingerprint density at radius 1 is 1.27 bits per heavy atom. The number of rotatable bonds is 6. The molecule has 0 aliphatic carbocycles. The highest BCUT2D eigenvalue weighted by Crippen LogP contribution is 2.26. The van der Waals surface area contributed by atoms with E-state index in [1.165, 1.54) is 19.3 Å². The number of carbonyl (C=O) groups excluding carboxylic acids is 1. The Hall–Kier alpha value is -2.08. The second kappa shape index (κ2) is 7.66. The van der Waals surface area contributed by atoms with Crippen molar-refractivity contribution in [3.8, 4) is 11.5 Å². The van der Waals surface area contributed by atoms with Gasteiger partial charge in [-0.15, -0.1) is 0 Å². The number of hydrogen-bond donors (Lipinski definition) is 0. The molecule has 4 rings (SSSR count). The van der Waals surface area contributed by atoms with Gasteiger partial charge >= 0.3 is 0 Å². The van der Waals surface area contributed by atoms with Gasteiger partial charge in [0.1, 0.15) is 12.0 Å². The van der Waals surface area contributed by atoms with Gasteiger partial charge in [-0.3, -0.25) is 9.69 Å². The van der Waals surface area contributed by atoms with Crippen LogP contribution in [0.2, 0.25) is 0 Å². The Balaban J connectivity index is 1.41. The molecular weight excluding hydrogens is 330 g/mol. The van der Waals surface area contributed by atoms with Crippen LogP contribution in [0.3, 0.4) is 0 Å². The third kappa shape index (κ3) is 3.70. The summed E-state index contributed by atoms with van der Waals surface area (Å²) >= 11 is 0. The molecule has 2 fully saturated rings. The fourth-order valence-corrected chi connectivity index (χ4v) is 4.12. The van der Waals surface area contributed by atoms with Crippen molar-refractivity contribution in [1.82, 2.24) is 14.8 Å². The topological polar surface area (TPSA) is 62.7 Å². The molecule has 6 heteroatoms. The second-order valence-corrected chi connectivity index (χ2v) is 7.43. The van der Waals surface area contributed by atoms with Gasteiger partial charge in [0.05, 0.1) is 17.5 Å². The minimum atomic E-state index is 0.324. The molecule has 0 bridgehead atoms. The summed E-state index contributed by atoms with van der Waals surface area (Å²) in [5.74, 6) is 1.83. The second-order valence-electron chi connectivity index (χ2n) is 7.43. The van der Waals surface area contributed by atoms with E-state index < -0.39 is 0 Å². The number of hydrogen-bond acceptors (Lipinski definition) is 5. The van der Waals surface area contributed by atoms with Crippen LogP contribution in [-0.4, -0.2) is 46.4 Å². The molecule has 0 saturated carbocycles. The molecule has 0 aromatic carbocycles. The molecule has 0 N–H and O–H groups in total. The molecule has 1 atom stereocenters. The fraction of sp³-hybridized carbons (Fsp3) is 0.600. The number of nitrogens with zero attached hydrogens (tertiary/aromatic N) is 3.